The molecular formula is C14H14BrF3N2O2. The van der Waals surface area contributed by atoms with Crippen LogP contribution in [0, 0.1) is 5.92 Å². The number of hydrogen-bond donors (Lipinski definition) is 1. The van der Waals surface area contributed by atoms with Crippen LogP contribution in [0.5, 0.6) is 0 Å². The van der Waals surface area contributed by atoms with E-state index in [1.807, 2.05) is 0 Å². The Morgan fingerprint density at radius 1 is 1.36 bits per heavy atom. The summed E-state index contributed by atoms with van der Waals surface area (Å²) in [4.78, 5) is 12.0. The average molecular weight is 379 g/mol. The SMILES string of the molecule is CC(C)C(=O)N1N=C(c2ccc(Br)cc2)CC1(O)C(F)(F)F. The molecule has 1 unspecified atom stereocenters. The molecular weight excluding hydrogens is 365 g/mol. The quantitative estimate of drug-likeness (QED) is 0.858. The molecule has 1 aliphatic rings. The Balaban J connectivity index is 2.45. The van der Waals surface area contributed by atoms with Gasteiger partial charge in [0.2, 0.25) is 5.91 Å². The van der Waals surface area contributed by atoms with Gasteiger partial charge in [-0.25, -0.2) is 0 Å². The van der Waals surface area contributed by atoms with Crippen molar-refractivity contribution in [3.8, 4) is 0 Å². The van der Waals surface area contributed by atoms with E-state index in [0.717, 1.165) is 4.47 Å². The van der Waals surface area contributed by atoms with Crippen molar-refractivity contribution >= 4 is 27.5 Å². The molecule has 1 aliphatic heterocycles. The molecule has 0 aliphatic carbocycles. The molecule has 1 N–H and O–H groups in total. The maximum atomic E-state index is 13.2. The van der Waals surface area contributed by atoms with Crippen LogP contribution in [0.15, 0.2) is 33.8 Å². The second kappa shape index (κ2) is 5.66. The van der Waals surface area contributed by atoms with Gasteiger partial charge in [-0.15, -0.1) is 0 Å². The molecule has 0 saturated carbocycles. The Hall–Kier alpha value is -1.41. The van der Waals surface area contributed by atoms with E-state index in [0.29, 0.717) is 5.56 Å². The number of alkyl halides is 3. The van der Waals surface area contributed by atoms with Gasteiger partial charge in [-0.1, -0.05) is 41.9 Å². The maximum Gasteiger partial charge on any atom is 0.438 e. The molecule has 0 fully saturated rings. The molecule has 8 heteroatoms. The van der Waals surface area contributed by atoms with Crippen molar-refractivity contribution < 1.29 is 23.1 Å². The van der Waals surface area contributed by atoms with Gasteiger partial charge < -0.3 is 5.11 Å². The second-order valence-corrected chi connectivity index (χ2v) is 6.27. The van der Waals surface area contributed by atoms with E-state index in [9.17, 15) is 23.1 Å². The Labute approximate surface area is 133 Å². The van der Waals surface area contributed by atoms with Crippen molar-refractivity contribution in [3.05, 3.63) is 34.3 Å². The summed E-state index contributed by atoms with van der Waals surface area (Å²) in [5.74, 6) is -1.60. The number of carbonyl (C=O) groups is 1. The first kappa shape index (κ1) is 17.0. The number of nitrogens with zero attached hydrogens (tertiary/aromatic N) is 2. The predicted octanol–water partition coefficient (Wildman–Crippen LogP) is 3.29. The monoisotopic (exact) mass is 378 g/mol. The molecule has 1 atom stereocenters. The zero-order valence-electron chi connectivity index (χ0n) is 11.9. The zero-order valence-corrected chi connectivity index (χ0v) is 13.4. The van der Waals surface area contributed by atoms with E-state index < -0.39 is 30.1 Å². The number of benzene rings is 1. The summed E-state index contributed by atoms with van der Waals surface area (Å²) < 4.78 is 40.5. The largest absolute Gasteiger partial charge is 0.438 e. The Kier molecular flexibility index (Phi) is 4.36. The molecule has 0 bridgehead atoms. The third-order valence-corrected chi connectivity index (χ3v) is 3.85. The molecule has 4 nitrogen and oxygen atoms in total. The summed E-state index contributed by atoms with van der Waals surface area (Å²) in [6.45, 7) is 2.90. The van der Waals surface area contributed by atoms with Gasteiger partial charge in [-0.05, 0) is 17.7 Å². The molecule has 0 saturated heterocycles. The normalized spacial score (nSPS) is 22.2. The molecule has 0 aromatic heterocycles. The molecule has 1 aromatic carbocycles. The molecule has 2 rings (SSSR count). The Bertz CT molecular complexity index is 614. The van der Waals surface area contributed by atoms with Crippen LogP contribution in [0.1, 0.15) is 25.8 Å². The highest BCUT2D eigenvalue weighted by atomic mass is 79.9. The van der Waals surface area contributed by atoms with Crippen LogP contribution in [-0.4, -0.2) is 33.6 Å². The fourth-order valence-electron chi connectivity index (χ4n) is 2.05. The van der Waals surface area contributed by atoms with Crippen LogP contribution in [0.3, 0.4) is 0 Å². The van der Waals surface area contributed by atoms with Gasteiger partial charge in [0, 0.05) is 10.4 Å². The number of amides is 1. The summed E-state index contributed by atoms with van der Waals surface area (Å²) in [7, 11) is 0. The Morgan fingerprint density at radius 3 is 2.36 bits per heavy atom. The van der Waals surface area contributed by atoms with E-state index in [4.69, 9.17) is 0 Å². The highest BCUT2D eigenvalue weighted by molar-refractivity contribution is 9.10. The minimum Gasteiger partial charge on any atom is -0.362 e. The average Bonchev–Trinajstić information content (AvgIpc) is 2.77. The minimum atomic E-state index is -5.00. The lowest BCUT2D eigenvalue weighted by Crippen LogP contribution is -2.57. The Morgan fingerprint density at radius 2 is 1.91 bits per heavy atom. The fraction of sp³-hybridized carbons (Fsp3) is 0.429. The number of aliphatic hydroxyl groups is 1. The third-order valence-electron chi connectivity index (χ3n) is 3.32. The van der Waals surface area contributed by atoms with Crippen LogP contribution >= 0.6 is 15.9 Å². The summed E-state index contributed by atoms with van der Waals surface area (Å²) in [5.41, 5.74) is -2.87. The molecule has 0 spiro atoms. The lowest BCUT2D eigenvalue weighted by Gasteiger charge is -2.33. The lowest BCUT2D eigenvalue weighted by molar-refractivity contribution is -0.303. The number of carbonyl (C=O) groups excluding carboxylic acids is 1. The number of rotatable bonds is 2. The van der Waals surface area contributed by atoms with E-state index >= 15 is 0 Å². The highest BCUT2D eigenvalue weighted by Crippen LogP contribution is 2.41. The van der Waals surface area contributed by atoms with E-state index in [2.05, 4.69) is 21.0 Å². The topological polar surface area (TPSA) is 52.9 Å². The summed E-state index contributed by atoms with van der Waals surface area (Å²) >= 11 is 3.23. The van der Waals surface area contributed by atoms with Crippen molar-refractivity contribution in [2.75, 3.05) is 0 Å². The summed E-state index contributed by atoms with van der Waals surface area (Å²) in [5, 5.41) is 14.0. The van der Waals surface area contributed by atoms with E-state index in [1.54, 1.807) is 24.3 Å². The number of hydrogen-bond acceptors (Lipinski definition) is 3. The van der Waals surface area contributed by atoms with Gasteiger partial charge in [-0.2, -0.15) is 23.3 Å². The van der Waals surface area contributed by atoms with Crippen molar-refractivity contribution in [2.24, 2.45) is 11.0 Å². The van der Waals surface area contributed by atoms with Gasteiger partial charge >= 0.3 is 6.18 Å². The van der Waals surface area contributed by atoms with Gasteiger partial charge in [-0.3, -0.25) is 4.79 Å². The second-order valence-electron chi connectivity index (χ2n) is 5.35. The van der Waals surface area contributed by atoms with Crippen LogP contribution in [0.25, 0.3) is 0 Å². The number of hydrazone groups is 1. The highest BCUT2D eigenvalue weighted by Gasteiger charge is 2.63. The van der Waals surface area contributed by atoms with Crippen LogP contribution in [0.4, 0.5) is 13.2 Å². The molecule has 1 amide bonds. The fourth-order valence-corrected chi connectivity index (χ4v) is 2.31. The standard InChI is InChI=1S/C14H14BrF3N2O2/c1-8(2)12(21)20-13(22,14(16,17)18)7-11(19-20)9-3-5-10(15)6-4-9/h3-6,8,22H,7H2,1-2H3. The van der Waals surface area contributed by atoms with Gasteiger partial charge in [0.15, 0.2) is 0 Å². The lowest BCUT2D eigenvalue weighted by atomic mass is 10.0. The van der Waals surface area contributed by atoms with Crippen molar-refractivity contribution in [2.45, 2.75) is 32.2 Å². The van der Waals surface area contributed by atoms with Gasteiger partial charge in [0.1, 0.15) is 0 Å². The van der Waals surface area contributed by atoms with E-state index in [-0.39, 0.29) is 10.7 Å². The summed E-state index contributed by atoms with van der Waals surface area (Å²) in [6, 6.07) is 6.45. The predicted molar refractivity (Wildman–Crippen MR) is 78.0 cm³/mol. The van der Waals surface area contributed by atoms with Crippen molar-refractivity contribution in [1.29, 1.82) is 0 Å². The van der Waals surface area contributed by atoms with Gasteiger partial charge in [0.25, 0.3) is 5.72 Å². The smallest absolute Gasteiger partial charge is 0.362 e. The van der Waals surface area contributed by atoms with Gasteiger partial charge in [0.05, 0.1) is 12.1 Å². The zero-order chi connectivity index (χ0) is 16.7. The van der Waals surface area contributed by atoms with Crippen molar-refractivity contribution in [1.82, 2.24) is 5.01 Å². The molecule has 120 valence electrons. The third kappa shape index (κ3) is 2.89. The van der Waals surface area contributed by atoms with E-state index in [1.165, 1.54) is 13.8 Å². The number of halogens is 4. The molecule has 22 heavy (non-hydrogen) atoms. The molecule has 0 radical (unpaired) electrons. The first-order valence-electron chi connectivity index (χ1n) is 6.53. The summed E-state index contributed by atoms with van der Waals surface area (Å²) in [6.07, 6.45) is -5.80. The minimum absolute atomic E-state index is 0.0151. The molecule has 1 heterocycles. The molecule has 1 aromatic rings. The van der Waals surface area contributed by atoms with Crippen molar-refractivity contribution in [3.63, 3.8) is 0 Å². The van der Waals surface area contributed by atoms with Crippen LogP contribution in [-0.2, 0) is 4.79 Å². The first-order chi connectivity index (χ1) is 10.1. The van der Waals surface area contributed by atoms with Crippen LogP contribution < -0.4 is 0 Å². The first-order valence-corrected chi connectivity index (χ1v) is 7.32. The maximum absolute atomic E-state index is 13.2. The van der Waals surface area contributed by atoms with Crippen LogP contribution in [0.2, 0.25) is 0 Å².